The minimum Gasteiger partial charge on any atom is -0.323 e. The maximum atomic E-state index is 14.7. The number of benzene rings is 1. The third kappa shape index (κ3) is 4.68. The van der Waals surface area contributed by atoms with Crippen LogP contribution in [0.15, 0.2) is 12.1 Å². The van der Waals surface area contributed by atoms with Gasteiger partial charge in [0.05, 0.1) is 17.8 Å². The van der Waals surface area contributed by atoms with Crippen LogP contribution in [0.25, 0.3) is 0 Å². The van der Waals surface area contributed by atoms with Gasteiger partial charge in [0.2, 0.25) is 5.91 Å². The van der Waals surface area contributed by atoms with E-state index < -0.39 is 0 Å². The molecule has 27 heavy (non-hydrogen) atoms. The highest BCUT2D eigenvalue weighted by molar-refractivity contribution is 5.92. The van der Waals surface area contributed by atoms with Gasteiger partial charge in [0.1, 0.15) is 5.82 Å². The number of rotatable bonds is 5. The number of anilines is 1. The quantitative estimate of drug-likeness (QED) is 0.815. The summed E-state index contributed by atoms with van der Waals surface area (Å²) in [7, 11) is 0. The van der Waals surface area contributed by atoms with E-state index in [2.05, 4.69) is 29.6 Å². The minimum absolute atomic E-state index is 0. The third-order valence-electron chi connectivity index (χ3n) is 4.89. The van der Waals surface area contributed by atoms with Gasteiger partial charge in [-0.2, -0.15) is 5.10 Å². The second kappa shape index (κ2) is 8.85. The van der Waals surface area contributed by atoms with Crippen molar-refractivity contribution in [2.45, 2.75) is 53.6 Å². The van der Waals surface area contributed by atoms with Gasteiger partial charge < -0.3 is 10.6 Å². The fourth-order valence-corrected chi connectivity index (χ4v) is 3.50. The minimum atomic E-state index is -0.304. The Morgan fingerprint density at radius 2 is 2.11 bits per heavy atom. The molecule has 0 aliphatic carbocycles. The van der Waals surface area contributed by atoms with Crippen molar-refractivity contribution in [1.29, 1.82) is 0 Å². The van der Waals surface area contributed by atoms with Gasteiger partial charge in [0.25, 0.3) is 0 Å². The number of hydrogen-bond donors (Lipinski definition) is 2. The molecule has 0 fully saturated rings. The molecule has 1 aromatic heterocycles. The predicted molar refractivity (Wildman–Crippen MR) is 108 cm³/mol. The summed E-state index contributed by atoms with van der Waals surface area (Å²) in [6.07, 6.45) is 0.846. The number of carbonyl (C=O) groups is 1. The Kier molecular flexibility index (Phi) is 7.00. The average molecular weight is 395 g/mol. The van der Waals surface area contributed by atoms with Crippen LogP contribution in [0.5, 0.6) is 0 Å². The molecule has 1 aliphatic rings. The Hall–Kier alpha value is -1.92. The molecule has 3 rings (SSSR count). The second-order valence-electron chi connectivity index (χ2n) is 7.44. The van der Waals surface area contributed by atoms with Crippen molar-refractivity contribution in [3.63, 3.8) is 0 Å². The lowest BCUT2D eigenvalue weighted by Gasteiger charge is -2.19. The van der Waals surface area contributed by atoms with Gasteiger partial charge in [-0.3, -0.25) is 9.48 Å². The summed E-state index contributed by atoms with van der Waals surface area (Å²) in [6, 6.07) is 3.54. The molecule has 7 heteroatoms. The van der Waals surface area contributed by atoms with E-state index in [1.807, 2.05) is 24.6 Å². The smallest absolute Gasteiger partial charge is 0.229 e. The maximum absolute atomic E-state index is 14.7. The Morgan fingerprint density at radius 1 is 1.37 bits per heavy atom. The number of aryl methyl sites for hydroxylation is 1. The summed E-state index contributed by atoms with van der Waals surface area (Å²) in [5.41, 5.74) is 4.72. The molecule has 2 N–H and O–H groups in total. The predicted octanol–water partition coefficient (Wildman–Crippen LogP) is 3.54. The highest BCUT2D eigenvalue weighted by atomic mass is 35.5. The van der Waals surface area contributed by atoms with Gasteiger partial charge in [0, 0.05) is 24.3 Å². The van der Waals surface area contributed by atoms with E-state index >= 15 is 0 Å². The standard InChI is InChI=1S/C20H27FN4O.ClH/c1-12(2)11-25-14(4)17(13(3)24-25)9-19(26)23-18-6-5-15-10-22-8-7-16(15)20(18)21;/h5-6,12,22H,7-11H2,1-4H3,(H,23,26);1H. The number of fused-ring (bicyclic) bond motifs is 1. The molecule has 0 atom stereocenters. The van der Waals surface area contributed by atoms with Gasteiger partial charge in [-0.05, 0) is 49.9 Å². The Balaban J connectivity index is 0.00000261. The van der Waals surface area contributed by atoms with E-state index in [1.54, 1.807) is 6.07 Å². The first-order valence-corrected chi connectivity index (χ1v) is 9.20. The lowest BCUT2D eigenvalue weighted by Crippen LogP contribution is -2.25. The summed E-state index contributed by atoms with van der Waals surface area (Å²) < 4.78 is 16.7. The maximum Gasteiger partial charge on any atom is 0.229 e. The average Bonchev–Trinajstić information content (AvgIpc) is 2.84. The molecule has 2 aromatic rings. The van der Waals surface area contributed by atoms with Crippen molar-refractivity contribution in [2.24, 2.45) is 5.92 Å². The monoisotopic (exact) mass is 394 g/mol. The summed E-state index contributed by atoms with van der Waals surface area (Å²) in [5, 5.41) is 10.5. The SMILES string of the molecule is Cc1nn(CC(C)C)c(C)c1CC(=O)Nc1ccc2c(c1F)CCNC2.Cl. The first-order valence-electron chi connectivity index (χ1n) is 9.20. The van der Waals surface area contributed by atoms with Crippen molar-refractivity contribution in [2.75, 3.05) is 11.9 Å². The molecule has 0 radical (unpaired) electrons. The number of amides is 1. The Morgan fingerprint density at radius 3 is 2.81 bits per heavy atom. The lowest BCUT2D eigenvalue weighted by atomic mass is 9.99. The van der Waals surface area contributed by atoms with Gasteiger partial charge in [-0.15, -0.1) is 12.4 Å². The zero-order valence-corrected chi connectivity index (χ0v) is 17.2. The van der Waals surface area contributed by atoms with Crippen LogP contribution in [0.4, 0.5) is 10.1 Å². The van der Waals surface area contributed by atoms with Crippen LogP contribution in [0.2, 0.25) is 0 Å². The third-order valence-corrected chi connectivity index (χ3v) is 4.89. The summed E-state index contributed by atoms with van der Waals surface area (Å²) >= 11 is 0. The first-order chi connectivity index (χ1) is 12.4. The number of aromatic nitrogens is 2. The van der Waals surface area contributed by atoms with E-state index in [0.717, 1.165) is 35.6 Å². The van der Waals surface area contributed by atoms with E-state index in [-0.39, 0.29) is 36.2 Å². The van der Waals surface area contributed by atoms with Crippen LogP contribution in [0.1, 0.15) is 41.9 Å². The molecular weight excluding hydrogens is 367 g/mol. The molecule has 0 spiro atoms. The van der Waals surface area contributed by atoms with Gasteiger partial charge in [-0.25, -0.2) is 4.39 Å². The van der Waals surface area contributed by atoms with Crippen molar-refractivity contribution < 1.29 is 9.18 Å². The number of nitrogens with one attached hydrogen (secondary N) is 2. The van der Waals surface area contributed by atoms with Gasteiger partial charge >= 0.3 is 0 Å². The molecule has 5 nitrogen and oxygen atoms in total. The van der Waals surface area contributed by atoms with Crippen LogP contribution in [0.3, 0.4) is 0 Å². The zero-order valence-electron chi connectivity index (χ0n) is 16.4. The van der Waals surface area contributed by atoms with E-state index in [9.17, 15) is 9.18 Å². The van der Waals surface area contributed by atoms with E-state index in [1.165, 1.54) is 0 Å². The lowest BCUT2D eigenvalue weighted by molar-refractivity contribution is -0.115. The number of nitrogens with zero attached hydrogens (tertiary/aromatic N) is 2. The molecule has 148 valence electrons. The van der Waals surface area contributed by atoms with Crippen LogP contribution < -0.4 is 10.6 Å². The normalized spacial score (nSPS) is 13.3. The van der Waals surface area contributed by atoms with Crippen LogP contribution in [-0.4, -0.2) is 22.2 Å². The van der Waals surface area contributed by atoms with E-state index in [0.29, 0.717) is 24.4 Å². The fraction of sp³-hybridized carbons (Fsp3) is 0.500. The topological polar surface area (TPSA) is 59.0 Å². The number of halogens is 2. The van der Waals surface area contributed by atoms with Crippen molar-refractivity contribution >= 4 is 24.0 Å². The fourth-order valence-electron chi connectivity index (χ4n) is 3.50. The zero-order chi connectivity index (χ0) is 18.8. The first kappa shape index (κ1) is 21.4. The molecule has 2 heterocycles. The van der Waals surface area contributed by atoms with Crippen LogP contribution in [-0.2, 0) is 30.7 Å². The van der Waals surface area contributed by atoms with E-state index in [4.69, 9.17) is 0 Å². The van der Waals surface area contributed by atoms with Gasteiger partial charge in [0.15, 0.2) is 0 Å². The van der Waals surface area contributed by atoms with Crippen molar-refractivity contribution in [3.8, 4) is 0 Å². The largest absolute Gasteiger partial charge is 0.323 e. The molecular formula is C20H28ClFN4O. The molecule has 0 saturated carbocycles. The number of carbonyl (C=O) groups excluding carboxylic acids is 1. The second-order valence-corrected chi connectivity index (χ2v) is 7.44. The Labute approximate surface area is 166 Å². The van der Waals surface area contributed by atoms with Crippen LogP contribution >= 0.6 is 12.4 Å². The van der Waals surface area contributed by atoms with Crippen LogP contribution in [0, 0.1) is 25.6 Å². The number of hydrogen-bond acceptors (Lipinski definition) is 3. The van der Waals surface area contributed by atoms with Crippen molar-refractivity contribution in [1.82, 2.24) is 15.1 Å². The van der Waals surface area contributed by atoms with Crippen molar-refractivity contribution in [3.05, 3.63) is 46.0 Å². The highest BCUT2D eigenvalue weighted by Crippen LogP contribution is 2.25. The molecule has 0 unspecified atom stereocenters. The molecule has 1 aliphatic heterocycles. The summed E-state index contributed by atoms with van der Waals surface area (Å²) in [5.74, 6) is -0.0388. The molecule has 0 saturated heterocycles. The molecule has 1 aromatic carbocycles. The molecule has 1 amide bonds. The van der Waals surface area contributed by atoms with Gasteiger partial charge in [-0.1, -0.05) is 19.9 Å². The summed E-state index contributed by atoms with van der Waals surface area (Å²) in [6.45, 7) is 10.4. The highest BCUT2D eigenvalue weighted by Gasteiger charge is 2.19. The Bertz CT molecular complexity index is 832. The summed E-state index contributed by atoms with van der Waals surface area (Å²) in [4.78, 5) is 12.5. The molecule has 0 bridgehead atoms.